The first-order chi connectivity index (χ1) is 9.61. The molecular weight excluding hydrogens is 246 g/mol. The fourth-order valence-corrected chi connectivity index (χ4v) is 2.25. The molecule has 2 atom stereocenters. The third-order valence-electron chi connectivity index (χ3n) is 3.64. The molecule has 0 aromatic heterocycles. The number of nitrogens with one attached hydrogen (secondary N) is 1. The standard InChI is InChI=1S/C18H23NO/c1-13-10-11-18(17(12-13)14(2)19-4)20-15(3)16-8-6-5-7-9-16/h5-12,14-15,19H,1-4H3. The van der Waals surface area contributed by atoms with Gasteiger partial charge in [0.1, 0.15) is 11.9 Å². The summed E-state index contributed by atoms with van der Waals surface area (Å²) in [6.07, 6.45) is 0.0433. The van der Waals surface area contributed by atoms with Gasteiger partial charge in [-0.25, -0.2) is 0 Å². The summed E-state index contributed by atoms with van der Waals surface area (Å²) in [6, 6.07) is 16.9. The van der Waals surface area contributed by atoms with Gasteiger partial charge in [0.2, 0.25) is 0 Å². The molecule has 0 amide bonds. The largest absolute Gasteiger partial charge is 0.486 e. The Hall–Kier alpha value is -1.80. The van der Waals surface area contributed by atoms with E-state index >= 15 is 0 Å². The van der Waals surface area contributed by atoms with Crippen molar-refractivity contribution in [2.24, 2.45) is 0 Å². The average Bonchev–Trinajstić information content (AvgIpc) is 2.49. The zero-order chi connectivity index (χ0) is 14.5. The van der Waals surface area contributed by atoms with Crippen LogP contribution in [0, 0.1) is 6.92 Å². The first-order valence-corrected chi connectivity index (χ1v) is 7.11. The lowest BCUT2D eigenvalue weighted by Crippen LogP contribution is -2.15. The Morgan fingerprint density at radius 3 is 2.35 bits per heavy atom. The van der Waals surface area contributed by atoms with Crippen LogP contribution in [0.2, 0.25) is 0 Å². The Kier molecular flexibility index (Phi) is 4.80. The Morgan fingerprint density at radius 1 is 1.00 bits per heavy atom. The SMILES string of the molecule is CNC(C)c1cc(C)ccc1OC(C)c1ccccc1. The maximum Gasteiger partial charge on any atom is 0.125 e. The van der Waals surface area contributed by atoms with Gasteiger partial charge in [-0.1, -0.05) is 48.0 Å². The quantitative estimate of drug-likeness (QED) is 0.867. The van der Waals surface area contributed by atoms with Crippen LogP contribution in [0.1, 0.15) is 42.7 Å². The van der Waals surface area contributed by atoms with Crippen LogP contribution < -0.4 is 10.1 Å². The highest BCUT2D eigenvalue weighted by Gasteiger charge is 2.14. The number of hydrogen-bond donors (Lipinski definition) is 1. The molecular formula is C18H23NO. The lowest BCUT2D eigenvalue weighted by molar-refractivity contribution is 0.223. The summed E-state index contributed by atoms with van der Waals surface area (Å²) in [4.78, 5) is 0. The summed E-state index contributed by atoms with van der Waals surface area (Å²) < 4.78 is 6.17. The topological polar surface area (TPSA) is 21.3 Å². The molecule has 0 radical (unpaired) electrons. The van der Waals surface area contributed by atoms with Crippen molar-refractivity contribution in [1.82, 2.24) is 5.32 Å². The second-order valence-corrected chi connectivity index (χ2v) is 5.22. The van der Waals surface area contributed by atoms with Crippen molar-refractivity contribution in [1.29, 1.82) is 0 Å². The van der Waals surface area contributed by atoms with Gasteiger partial charge in [-0.2, -0.15) is 0 Å². The molecule has 0 aliphatic carbocycles. The molecule has 2 aromatic rings. The molecule has 1 N–H and O–H groups in total. The predicted molar refractivity (Wildman–Crippen MR) is 84.1 cm³/mol. The van der Waals surface area contributed by atoms with E-state index in [1.807, 2.05) is 25.2 Å². The maximum absolute atomic E-state index is 6.17. The van der Waals surface area contributed by atoms with Crippen LogP contribution in [0.15, 0.2) is 48.5 Å². The molecule has 0 saturated heterocycles. The van der Waals surface area contributed by atoms with Crippen LogP contribution in [0.5, 0.6) is 5.75 Å². The lowest BCUT2D eigenvalue weighted by atomic mass is 10.0. The molecule has 2 nitrogen and oxygen atoms in total. The summed E-state index contributed by atoms with van der Waals surface area (Å²) in [6.45, 7) is 6.34. The highest BCUT2D eigenvalue weighted by Crippen LogP contribution is 2.30. The Bertz CT molecular complexity index is 551. The number of rotatable bonds is 5. The van der Waals surface area contributed by atoms with E-state index in [-0.39, 0.29) is 12.1 Å². The summed E-state index contributed by atoms with van der Waals surface area (Å²) in [5.74, 6) is 0.953. The molecule has 0 bridgehead atoms. The van der Waals surface area contributed by atoms with Crippen molar-refractivity contribution in [3.05, 3.63) is 65.2 Å². The van der Waals surface area contributed by atoms with Crippen LogP contribution in [-0.2, 0) is 0 Å². The number of aryl methyl sites for hydroxylation is 1. The third kappa shape index (κ3) is 3.40. The van der Waals surface area contributed by atoms with E-state index < -0.39 is 0 Å². The Labute approximate surface area is 121 Å². The van der Waals surface area contributed by atoms with Crippen molar-refractivity contribution in [2.45, 2.75) is 32.9 Å². The smallest absolute Gasteiger partial charge is 0.125 e. The molecule has 2 rings (SSSR count). The first-order valence-electron chi connectivity index (χ1n) is 7.11. The lowest BCUT2D eigenvalue weighted by Gasteiger charge is -2.21. The molecule has 0 spiro atoms. The number of ether oxygens (including phenoxy) is 1. The van der Waals surface area contributed by atoms with Gasteiger partial charge < -0.3 is 10.1 Å². The van der Waals surface area contributed by atoms with E-state index in [4.69, 9.17) is 4.74 Å². The first kappa shape index (κ1) is 14.6. The van der Waals surface area contributed by atoms with E-state index in [9.17, 15) is 0 Å². The molecule has 20 heavy (non-hydrogen) atoms. The Morgan fingerprint density at radius 2 is 1.70 bits per heavy atom. The third-order valence-corrected chi connectivity index (χ3v) is 3.64. The fraction of sp³-hybridized carbons (Fsp3) is 0.333. The minimum absolute atomic E-state index is 0.0433. The van der Waals surface area contributed by atoms with E-state index in [0.29, 0.717) is 0 Å². The summed E-state index contributed by atoms with van der Waals surface area (Å²) in [5, 5.41) is 3.28. The molecule has 2 aromatic carbocycles. The van der Waals surface area contributed by atoms with Gasteiger partial charge in [-0.3, -0.25) is 0 Å². The zero-order valence-electron chi connectivity index (χ0n) is 12.7. The van der Waals surface area contributed by atoms with Gasteiger partial charge in [0.15, 0.2) is 0 Å². The van der Waals surface area contributed by atoms with Crippen molar-refractivity contribution in [3.8, 4) is 5.75 Å². The number of hydrogen-bond acceptors (Lipinski definition) is 2. The second kappa shape index (κ2) is 6.58. The van der Waals surface area contributed by atoms with Gasteiger partial charge >= 0.3 is 0 Å². The van der Waals surface area contributed by atoms with Gasteiger partial charge in [-0.15, -0.1) is 0 Å². The van der Waals surface area contributed by atoms with Crippen LogP contribution >= 0.6 is 0 Å². The van der Waals surface area contributed by atoms with Crippen LogP contribution in [0.25, 0.3) is 0 Å². The Balaban J connectivity index is 2.25. The van der Waals surface area contributed by atoms with E-state index in [2.05, 4.69) is 56.4 Å². The zero-order valence-corrected chi connectivity index (χ0v) is 12.7. The highest BCUT2D eigenvalue weighted by molar-refractivity contribution is 5.39. The van der Waals surface area contributed by atoms with Gasteiger partial charge in [0, 0.05) is 11.6 Å². The van der Waals surface area contributed by atoms with Gasteiger partial charge in [-0.05, 0) is 39.4 Å². The monoisotopic (exact) mass is 269 g/mol. The highest BCUT2D eigenvalue weighted by atomic mass is 16.5. The molecule has 0 fully saturated rings. The molecule has 2 unspecified atom stereocenters. The predicted octanol–water partition coefficient (Wildman–Crippen LogP) is 4.42. The summed E-state index contributed by atoms with van der Waals surface area (Å²) in [5.41, 5.74) is 3.65. The summed E-state index contributed by atoms with van der Waals surface area (Å²) >= 11 is 0. The number of benzene rings is 2. The second-order valence-electron chi connectivity index (χ2n) is 5.22. The normalized spacial score (nSPS) is 13.8. The van der Waals surface area contributed by atoms with E-state index in [0.717, 1.165) is 5.75 Å². The molecule has 2 heteroatoms. The maximum atomic E-state index is 6.17. The van der Waals surface area contributed by atoms with Gasteiger partial charge in [0.25, 0.3) is 0 Å². The molecule has 106 valence electrons. The molecule has 0 aliphatic heterocycles. The van der Waals surface area contributed by atoms with Crippen LogP contribution in [0.4, 0.5) is 0 Å². The van der Waals surface area contributed by atoms with Crippen molar-refractivity contribution >= 4 is 0 Å². The minimum Gasteiger partial charge on any atom is -0.486 e. The van der Waals surface area contributed by atoms with Gasteiger partial charge in [0.05, 0.1) is 0 Å². The summed E-state index contributed by atoms with van der Waals surface area (Å²) in [7, 11) is 1.97. The molecule has 0 aliphatic rings. The minimum atomic E-state index is 0.0433. The molecule has 0 heterocycles. The van der Waals surface area contributed by atoms with Crippen molar-refractivity contribution < 1.29 is 4.74 Å². The van der Waals surface area contributed by atoms with Crippen molar-refractivity contribution in [3.63, 3.8) is 0 Å². The average molecular weight is 269 g/mol. The fourth-order valence-electron chi connectivity index (χ4n) is 2.25. The van der Waals surface area contributed by atoms with Crippen LogP contribution in [-0.4, -0.2) is 7.05 Å². The van der Waals surface area contributed by atoms with Crippen LogP contribution in [0.3, 0.4) is 0 Å². The molecule has 0 saturated carbocycles. The van der Waals surface area contributed by atoms with E-state index in [1.54, 1.807) is 0 Å². The van der Waals surface area contributed by atoms with E-state index in [1.165, 1.54) is 16.7 Å². The van der Waals surface area contributed by atoms with Crippen molar-refractivity contribution in [2.75, 3.05) is 7.05 Å².